The second kappa shape index (κ2) is 6.99. The molecule has 0 aliphatic carbocycles. The predicted molar refractivity (Wildman–Crippen MR) is 80.6 cm³/mol. The van der Waals surface area contributed by atoms with E-state index in [-0.39, 0.29) is 24.2 Å². The standard InChI is InChI=1S/C15H19F2N3O3/c1-15(16,17)10-19-8-6-12(7-9-19)18-14(21)11-2-4-13(5-3-11)20(22)23/h2-5,12H,6-10H2,1H3,(H,18,21). The zero-order valence-corrected chi connectivity index (χ0v) is 12.8. The zero-order chi connectivity index (χ0) is 17.0. The Hall–Kier alpha value is -2.09. The molecule has 1 aromatic rings. The lowest BCUT2D eigenvalue weighted by Gasteiger charge is -2.33. The summed E-state index contributed by atoms with van der Waals surface area (Å²) in [5.41, 5.74) is 0.272. The van der Waals surface area contributed by atoms with Crippen LogP contribution in [0.3, 0.4) is 0 Å². The molecule has 1 aliphatic heterocycles. The minimum atomic E-state index is -2.71. The lowest BCUT2D eigenvalue weighted by molar-refractivity contribution is -0.384. The number of halogens is 2. The van der Waals surface area contributed by atoms with Crippen molar-refractivity contribution in [2.45, 2.75) is 31.7 Å². The number of nitro groups is 1. The number of likely N-dealkylation sites (tertiary alicyclic amines) is 1. The molecular formula is C15H19F2N3O3. The summed E-state index contributed by atoms with van der Waals surface area (Å²) < 4.78 is 25.9. The van der Waals surface area contributed by atoms with Gasteiger partial charge in [-0.2, -0.15) is 0 Å². The number of non-ortho nitro benzene ring substituents is 1. The van der Waals surface area contributed by atoms with Crippen LogP contribution in [0.1, 0.15) is 30.1 Å². The molecule has 0 spiro atoms. The molecule has 126 valence electrons. The molecule has 0 saturated carbocycles. The van der Waals surface area contributed by atoms with Crippen molar-refractivity contribution in [2.24, 2.45) is 0 Å². The first-order chi connectivity index (χ1) is 10.7. The lowest BCUT2D eigenvalue weighted by Crippen LogP contribution is -2.47. The normalized spacial score (nSPS) is 17.0. The van der Waals surface area contributed by atoms with Crippen LogP contribution in [0.15, 0.2) is 24.3 Å². The van der Waals surface area contributed by atoms with Crippen LogP contribution in [0.25, 0.3) is 0 Å². The van der Waals surface area contributed by atoms with Crippen molar-refractivity contribution < 1.29 is 18.5 Å². The van der Waals surface area contributed by atoms with Crippen LogP contribution in [-0.4, -0.2) is 47.3 Å². The molecule has 0 unspecified atom stereocenters. The maximum atomic E-state index is 13.0. The van der Waals surface area contributed by atoms with Gasteiger partial charge in [0, 0.05) is 43.8 Å². The van der Waals surface area contributed by atoms with Crippen LogP contribution in [0.2, 0.25) is 0 Å². The molecule has 8 heteroatoms. The molecule has 0 atom stereocenters. The number of alkyl halides is 2. The highest BCUT2D eigenvalue weighted by atomic mass is 19.3. The highest BCUT2D eigenvalue weighted by Crippen LogP contribution is 2.18. The summed E-state index contributed by atoms with van der Waals surface area (Å²) >= 11 is 0. The Morgan fingerprint density at radius 1 is 1.35 bits per heavy atom. The first kappa shape index (κ1) is 17.3. The van der Waals surface area contributed by atoms with Crippen molar-refractivity contribution in [3.8, 4) is 0 Å². The van der Waals surface area contributed by atoms with Crippen LogP contribution in [-0.2, 0) is 0 Å². The number of hydrogen-bond donors (Lipinski definition) is 1. The van der Waals surface area contributed by atoms with Gasteiger partial charge in [0.25, 0.3) is 17.5 Å². The van der Waals surface area contributed by atoms with Crippen LogP contribution >= 0.6 is 0 Å². The van der Waals surface area contributed by atoms with E-state index in [4.69, 9.17) is 0 Å². The van der Waals surface area contributed by atoms with Gasteiger partial charge in [-0.25, -0.2) is 8.78 Å². The van der Waals surface area contributed by atoms with Crippen molar-refractivity contribution in [3.05, 3.63) is 39.9 Å². The highest BCUT2D eigenvalue weighted by Gasteiger charge is 2.28. The maximum Gasteiger partial charge on any atom is 0.269 e. The fraction of sp³-hybridized carbons (Fsp3) is 0.533. The van der Waals surface area contributed by atoms with E-state index in [0.717, 1.165) is 6.92 Å². The number of amides is 1. The molecule has 1 fully saturated rings. The Bertz CT molecular complexity index is 564. The van der Waals surface area contributed by atoms with Gasteiger partial charge in [0.2, 0.25) is 0 Å². The number of nitro benzene ring substituents is 1. The fourth-order valence-corrected chi connectivity index (χ4v) is 2.63. The molecule has 1 heterocycles. The van der Waals surface area contributed by atoms with E-state index in [1.807, 2.05) is 0 Å². The minimum absolute atomic E-state index is 0.0700. The minimum Gasteiger partial charge on any atom is -0.349 e. The van der Waals surface area contributed by atoms with Gasteiger partial charge in [-0.15, -0.1) is 0 Å². The van der Waals surface area contributed by atoms with Crippen molar-refractivity contribution >= 4 is 11.6 Å². The molecule has 1 aromatic carbocycles. The van der Waals surface area contributed by atoms with Gasteiger partial charge in [0.15, 0.2) is 0 Å². The zero-order valence-electron chi connectivity index (χ0n) is 12.8. The number of carbonyl (C=O) groups excluding carboxylic acids is 1. The fourth-order valence-electron chi connectivity index (χ4n) is 2.63. The number of hydrogen-bond acceptors (Lipinski definition) is 4. The Morgan fingerprint density at radius 2 is 1.91 bits per heavy atom. The quantitative estimate of drug-likeness (QED) is 0.666. The molecule has 1 saturated heterocycles. The summed E-state index contributed by atoms with van der Waals surface area (Å²) in [6, 6.07) is 5.29. The third-order valence-corrected chi connectivity index (χ3v) is 3.76. The van der Waals surface area contributed by atoms with E-state index in [1.165, 1.54) is 24.3 Å². The van der Waals surface area contributed by atoms with Gasteiger partial charge in [0.1, 0.15) is 0 Å². The van der Waals surface area contributed by atoms with Crippen LogP contribution < -0.4 is 5.32 Å². The van der Waals surface area contributed by atoms with Gasteiger partial charge >= 0.3 is 0 Å². The van der Waals surface area contributed by atoms with Crippen LogP contribution in [0.5, 0.6) is 0 Å². The average Bonchev–Trinajstić information content (AvgIpc) is 2.48. The van der Waals surface area contributed by atoms with Gasteiger partial charge in [-0.3, -0.25) is 19.8 Å². The second-order valence-corrected chi connectivity index (χ2v) is 5.90. The molecular weight excluding hydrogens is 308 g/mol. The molecule has 1 amide bonds. The number of nitrogens with one attached hydrogen (secondary N) is 1. The lowest BCUT2D eigenvalue weighted by atomic mass is 10.0. The van der Waals surface area contributed by atoms with Gasteiger partial charge in [-0.05, 0) is 25.0 Å². The Morgan fingerprint density at radius 3 is 2.39 bits per heavy atom. The summed E-state index contributed by atoms with van der Waals surface area (Å²) in [6.07, 6.45) is 1.21. The number of benzene rings is 1. The summed E-state index contributed by atoms with van der Waals surface area (Å²) in [7, 11) is 0. The first-order valence-electron chi connectivity index (χ1n) is 7.40. The smallest absolute Gasteiger partial charge is 0.269 e. The van der Waals surface area contributed by atoms with Crippen molar-refractivity contribution in [3.63, 3.8) is 0 Å². The summed E-state index contributed by atoms with van der Waals surface area (Å²) in [4.78, 5) is 23.8. The molecule has 2 rings (SSSR count). The summed E-state index contributed by atoms with van der Waals surface area (Å²) in [6.45, 7) is 1.65. The molecule has 6 nitrogen and oxygen atoms in total. The van der Waals surface area contributed by atoms with Gasteiger partial charge in [-0.1, -0.05) is 0 Å². The Kier molecular flexibility index (Phi) is 5.25. The molecule has 23 heavy (non-hydrogen) atoms. The van der Waals surface area contributed by atoms with E-state index < -0.39 is 10.8 Å². The van der Waals surface area contributed by atoms with E-state index in [0.29, 0.717) is 31.5 Å². The predicted octanol–water partition coefficient (Wildman–Crippen LogP) is 2.44. The molecule has 1 aliphatic rings. The van der Waals surface area contributed by atoms with Gasteiger partial charge < -0.3 is 5.32 Å². The first-order valence-corrected chi connectivity index (χ1v) is 7.40. The van der Waals surface area contributed by atoms with E-state index in [2.05, 4.69) is 5.32 Å². The number of carbonyl (C=O) groups is 1. The SMILES string of the molecule is CC(F)(F)CN1CCC(NC(=O)c2ccc([N+](=O)[O-])cc2)CC1. The summed E-state index contributed by atoms with van der Waals surface area (Å²) in [5.74, 6) is -3.02. The largest absolute Gasteiger partial charge is 0.349 e. The third-order valence-electron chi connectivity index (χ3n) is 3.76. The van der Waals surface area contributed by atoms with Crippen molar-refractivity contribution in [1.82, 2.24) is 10.2 Å². The highest BCUT2D eigenvalue weighted by molar-refractivity contribution is 5.94. The number of piperidine rings is 1. The average molecular weight is 327 g/mol. The van der Waals surface area contributed by atoms with Crippen LogP contribution in [0, 0.1) is 10.1 Å². The molecule has 0 aromatic heterocycles. The topological polar surface area (TPSA) is 75.5 Å². The number of rotatable bonds is 5. The molecule has 0 bridgehead atoms. The van der Waals surface area contributed by atoms with Gasteiger partial charge in [0.05, 0.1) is 11.5 Å². The van der Waals surface area contributed by atoms with E-state index >= 15 is 0 Å². The summed E-state index contributed by atoms with van der Waals surface area (Å²) in [5, 5.41) is 13.4. The van der Waals surface area contributed by atoms with Crippen LogP contribution in [0.4, 0.5) is 14.5 Å². The second-order valence-electron chi connectivity index (χ2n) is 5.90. The van der Waals surface area contributed by atoms with E-state index in [9.17, 15) is 23.7 Å². The Balaban J connectivity index is 1.84. The maximum absolute atomic E-state index is 13.0. The third kappa shape index (κ3) is 5.24. The Labute approximate surface area is 132 Å². The number of nitrogens with zero attached hydrogens (tertiary/aromatic N) is 2. The monoisotopic (exact) mass is 327 g/mol. The van der Waals surface area contributed by atoms with E-state index in [1.54, 1.807) is 4.90 Å². The van der Waals surface area contributed by atoms with Crippen molar-refractivity contribution in [1.29, 1.82) is 0 Å². The molecule has 0 radical (unpaired) electrons. The van der Waals surface area contributed by atoms with Crippen molar-refractivity contribution in [2.75, 3.05) is 19.6 Å². The molecule has 1 N–H and O–H groups in total.